The minimum Gasteiger partial charge on any atom is -0.457 e. The van der Waals surface area contributed by atoms with Crippen LogP contribution in [0.15, 0.2) is 146 Å². The van der Waals surface area contributed by atoms with Crippen molar-refractivity contribution in [1.82, 2.24) is 0 Å². The number of rotatable bonds is 8. The van der Waals surface area contributed by atoms with E-state index in [1.54, 1.807) is 19.1 Å². The Labute approximate surface area is 223 Å². The van der Waals surface area contributed by atoms with Crippen LogP contribution in [-0.4, -0.2) is 5.97 Å². The molecule has 4 heteroatoms. The Morgan fingerprint density at radius 1 is 0.553 bits per heavy atom. The lowest BCUT2D eigenvalue weighted by molar-refractivity contribution is -0.130. The van der Waals surface area contributed by atoms with Crippen molar-refractivity contribution in [3.63, 3.8) is 0 Å². The number of benzene rings is 5. The van der Waals surface area contributed by atoms with Crippen molar-refractivity contribution in [2.45, 2.75) is 6.92 Å². The highest BCUT2D eigenvalue weighted by atomic mass is 16.5. The number of carbonyl (C=O) groups excluding carboxylic acids is 1. The van der Waals surface area contributed by atoms with Crippen LogP contribution in [0.3, 0.4) is 0 Å². The van der Waals surface area contributed by atoms with Gasteiger partial charge in [-0.3, -0.25) is 0 Å². The molecule has 0 saturated carbocycles. The third-order valence-corrected chi connectivity index (χ3v) is 5.96. The van der Waals surface area contributed by atoms with E-state index in [0.29, 0.717) is 11.3 Å². The summed E-state index contributed by atoms with van der Waals surface area (Å²) < 4.78 is 11.3. The molecule has 0 fully saturated rings. The van der Waals surface area contributed by atoms with Gasteiger partial charge in [-0.25, -0.2) is 4.79 Å². The van der Waals surface area contributed by atoms with Crippen LogP contribution < -0.4 is 14.4 Å². The lowest BCUT2D eigenvalue weighted by atomic mass is 10.0. The van der Waals surface area contributed by atoms with Gasteiger partial charge in [-0.1, -0.05) is 67.2 Å². The van der Waals surface area contributed by atoms with E-state index in [0.717, 1.165) is 39.7 Å². The summed E-state index contributed by atoms with van der Waals surface area (Å²) in [7, 11) is 0. The molecular formula is C34H27NO3. The Bertz CT molecular complexity index is 1510. The number of esters is 1. The maximum Gasteiger partial charge on any atom is 0.338 e. The van der Waals surface area contributed by atoms with Crippen LogP contribution in [0.2, 0.25) is 0 Å². The highest BCUT2D eigenvalue weighted by Crippen LogP contribution is 2.36. The normalized spacial score (nSPS) is 10.4. The standard InChI is InChI=1S/C34H27NO3/c1-25(2)34(36)38-33-21-15-27(16-22-33)26-13-17-29(18-14-26)35(28-9-5-3-6-10-28)30-19-23-32(24-20-30)37-31-11-7-4-8-12-31/h3-24H,1H2,2H3. The molecule has 186 valence electrons. The minimum atomic E-state index is -0.428. The fraction of sp³-hybridized carbons (Fsp3) is 0.0294. The predicted molar refractivity (Wildman–Crippen MR) is 154 cm³/mol. The van der Waals surface area contributed by atoms with E-state index in [4.69, 9.17) is 9.47 Å². The van der Waals surface area contributed by atoms with E-state index < -0.39 is 5.97 Å². The monoisotopic (exact) mass is 497 g/mol. The second kappa shape index (κ2) is 11.3. The summed E-state index contributed by atoms with van der Waals surface area (Å²) in [5.41, 5.74) is 5.56. The van der Waals surface area contributed by atoms with Crippen molar-refractivity contribution >= 4 is 23.0 Å². The minimum absolute atomic E-state index is 0.367. The SMILES string of the molecule is C=C(C)C(=O)Oc1ccc(-c2ccc(N(c3ccccc3)c3ccc(Oc4ccccc4)cc3)cc2)cc1. The number of hydrogen-bond donors (Lipinski definition) is 0. The Kier molecular flexibility index (Phi) is 7.32. The number of nitrogens with zero attached hydrogens (tertiary/aromatic N) is 1. The summed E-state index contributed by atoms with van der Waals surface area (Å²) in [5, 5.41) is 0. The Morgan fingerprint density at radius 2 is 0.974 bits per heavy atom. The van der Waals surface area contributed by atoms with Crippen LogP contribution in [0.5, 0.6) is 17.2 Å². The molecule has 0 spiro atoms. The molecule has 5 rings (SSSR count). The second-order valence-corrected chi connectivity index (χ2v) is 8.82. The molecule has 5 aromatic rings. The third-order valence-electron chi connectivity index (χ3n) is 5.96. The number of hydrogen-bond acceptors (Lipinski definition) is 4. The molecule has 0 aliphatic carbocycles. The third kappa shape index (κ3) is 5.82. The van der Waals surface area contributed by atoms with Gasteiger partial charge in [0.2, 0.25) is 0 Å². The van der Waals surface area contributed by atoms with Crippen molar-refractivity contribution in [1.29, 1.82) is 0 Å². The second-order valence-electron chi connectivity index (χ2n) is 8.82. The number of para-hydroxylation sites is 2. The van der Waals surface area contributed by atoms with Gasteiger partial charge in [0.15, 0.2) is 0 Å². The quantitative estimate of drug-likeness (QED) is 0.122. The number of carbonyl (C=O) groups is 1. The van der Waals surface area contributed by atoms with E-state index in [2.05, 4.69) is 60.0 Å². The molecule has 0 aromatic heterocycles. The Balaban J connectivity index is 1.39. The molecule has 4 nitrogen and oxygen atoms in total. The zero-order chi connectivity index (χ0) is 26.3. The zero-order valence-electron chi connectivity index (χ0n) is 21.1. The largest absolute Gasteiger partial charge is 0.457 e. The van der Waals surface area contributed by atoms with Gasteiger partial charge in [-0.2, -0.15) is 0 Å². The Hall–Kier alpha value is -5.09. The summed E-state index contributed by atoms with van der Waals surface area (Å²) in [6.45, 7) is 5.25. The fourth-order valence-electron chi connectivity index (χ4n) is 4.02. The molecule has 38 heavy (non-hydrogen) atoms. The average molecular weight is 498 g/mol. The molecule has 0 radical (unpaired) electrons. The van der Waals surface area contributed by atoms with Crippen molar-refractivity contribution in [3.8, 4) is 28.4 Å². The van der Waals surface area contributed by atoms with E-state index >= 15 is 0 Å². The van der Waals surface area contributed by atoms with Crippen LogP contribution in [0.1, 0.15) is 6.92 Å². The predicted octanol–water partition coefficient (Wildman–Crippen LogP) is 9.10. The summed E-state index contributed by atoms with van der Waals surface area (Å²) in [6.07, 6.45) is 0. The van der Waals surface area contributed by atoms with Crippen LogP contribution in [0.25, 0.3) is 11.1 Å². The van der Waals surface area contributed by atoms with Crippen molar-refractivity contribution in [2.24, 2.45) is 0 Å². The smallest absolute Gasteiger partial charge is 0.338 e. The zero-order valence-corrected chi connectivity index (χ0v) is 21.1. The lowest BCUT2D eigenvalue weighted by Gasteiger charge is -2.25. The van der Waals surface area contributed by atoms with Gasteiger partial charge in [0.1, 0.15) is 17.2 Å². The summed E-state index contributed by atoms with van der Waals surface area (Å²) in [4.78, 5) is 14.0. The summed E-state index contributed by atoms with van der Waals surface area (Å²) in [5.74, 6) is 1.65. The van der Waals surface area contributed by atoms with Crippen LogP contribution in [0, 0.1) is 0 Å². The van der Waals surface area contributed by atoms with E-state index in [1.165, 1.54) is 0 Å². The van der Waals surface area contributed by atoms with Gasteiger partial charge in [-0.05, 0) is 90.8 Å². The van der Waals surface area contributed by atoms with Crippen LogP contribution in [-0.2, 0) is 4.79 Å². The molecule has 5 aromatic carbocycles. The van der Waals surface area contributed by atoms with Gasteiger partial charge >= 0.3 is 5.97 Å². The molecule has 0 bridgehead atoms. The van der Waals surface area contributed by atoms with Crippen molar-refractivity contribution in [2.75, 3.05) is 4.90 Å². The molecule has 0 amide bonds. The molecule has 0 atom stereocenters. The average Bonchev–Trinajstić information content (AvgIpc) is 2.96. The van der Waals surface area contributed by atoms with E-state index in [1.807, 2.05) is 72.8 Å². The first kappa shape index (κ1) is 24.6. The molecule has 0 N–H and O–H groups in total. The molecule has 0 aliphatic heterocycles. The molecule has 0 saturated heterocycles. The van der Waals surface area contributed by atoms with E-state index in [9.17, 15) is 4.79 Å². The summed E-state index contributed by atoms with van der Waals surface area (Å²) >= 11 is 0. The highest BCUT2D eigenvalue weighted by molar-refractivity contribution is 5.88. The highest BCUT2D eigenvalue weighted by Gasteiger charge is 2.13. The Morgan fingerprint density at radius 3 is 1.53 bits per heavy atom. The van der Waals surface area contributed by atoms with Gasteiger partial charge in [0, 0.05) is 22.6 Å². The maximum absolute atomic E-state index is 11.8. The molecule has 0 unspecified atom stereocenters. The molecule has 0 heterocycles. The first-order valence-electron chi connectivity index (χ1n) is 12.3. The lowest BCUT2D eigenvalue weighted by Crippen LogP contribution is -2.09. The van der Waals surface area contributed by atoms with Gasteiger partial charge in [0.05, 0.1) is 0 Å². The molecule has 0 aliphatic rings. The van der Waals surface area contributed by atoms with Crippen LogP contribution in [0.4, 0.5) is 17.1 Å². The summed E-state index contributed by atoms with van der Waals surface area (Å²) in [6, 6.07) is 43.9. The van der Waals surface area contributed by atoms with Gasteiger partial charge in [-0.15, -0.1) is 0 Å². The first-order chi connectivity index (χ1) is 18.6. The van der Waals surface area contributed by atoms with Gasteiger partial charge in [0.25, 0.3) is 0 Å². The first-order valence-corrected chi connectivity index (χ1v) is 12.3. The molecular weight excluding hydrogens is 470 g/mol. The van der Waals surface area contributed by atoms with Crippen molar-refractivity contribution < 1.29 is 14.3 Å². The maximum atomic E-state index is 11.8. The van der Waals surface area contributed by atoms with Crippen molar-refractivity contribution in [3.05, 3.63) is 146 Å². The van der Waals surface area contributed by atoms with Crippen LogP contribution >= 0.6 is 0 Å². The number of ether oxygens (including phenoxy) is 2. The number of anilines is 3. The topological polar surface area (TPSA) is 38.8 Å². The van der Waals surface area contributed by atoms with E-state index in [-0.39, 0.29) is 0 Å². The van der Waals surface area contributed by atoms with Gasteiger partial charge < -0.3 is 14.4 Å². The fourth-order valence-corrected chi connectivity index (χ4v) is 4.02.